The lowest BCUT2D eigenvalue weighted by molar-refractivity contribution is 0.802. The molecule has 1 saturated carbocycles. The molecule has 0 amide bonds. The van der Waals surface area contributed by atoms with Crippen molar-refractivity contribution in [3.05, 3.63) is 91.2 Å². The molecule has 1 nitrogen and oxygen atoms in total. The average Bonchev–Trinajstić information content (AvgIpc) is 2.99. The normalized spacial score (nSPS) is 16.8. The van der Waals surface area contributed by atoms with E-state index in [-0.39, 0.29) is 4.75 Å². The minimum absolute atomic E-state index is 0.201. The summed E-state index contributed by atoms with van der Waals surface area (Å²) in [5.41, 5.74) is 0. The Labute approximate surface area is 152 Å². The monoisotopic (exact) mass is 352 g/mol. The highest BCUT2D eigenvalue weighted by molar-refractivity contribution is 8.03. The molecule has 123 valence electrons. The summed E-state index contributed by atoms with van der Waals surface area (Å²) in [7, 11) is -0.623. The first-order chi connectivity index (χ1) is 11.5. The lowest BCUT2D eigenvalue weighted by Gasteiger charge is -2.30. The van der Waals surface area contributed by atoms with Crippen LogP contribution in [-0.2, 0) is 0 Å². The first-order valence-electron chi connectivity index (χ1n) is 8.14. The summed E-state index contributed by atoms with van der Waals surface area (Å²) >= 11 is 1.91. The summed E-state index contributed by atoms with van der Waals surface area (Å²) in [6.45, 7) is 6.77. The van der Waals surface area contributed by atoms with E-state index in [9.17, 15) is 0 Å². The zero-order valence-electron chi connectivity index (χ0n) is 14.4. The molecule has 0 aliphatic heterocycles. The zero-order chi connectivity index (χ0) is 17.0. The van der Waals surface area contributed by atoms with Gasteiger partial charge in [-0.2, -0.15) is 0 Å². The van der Waals surface area contributed by atoms with Gasteiger partial charge in [-0.1, -0.05) is 81.4 Å². The molecule has 1 fully saturated rings. The molecule has 0 atom stereocenters. The summed E-state index contributed by atoms with van der Waals surface area (Å²) in [5.74, 6) is 0. The predicted molar refractivity (Wildman–Crippen MR) is 109 cm³/mol. The van der Waals surface area contributed by atoms with Crippen LogP contribution in [0.5, 0.6) is 0 Å². The van der Waals surface area contributed by atoms with Crippen LogP contribution in [0.25, 0.3) is 0 Å². The van der Waals surface area contributed by atoms with E-state index in [1.165, 1.54) is 21.9 Å². The Kier molecular flexibility index (Phi) is 6.02. The van der Waals surface area contributed by atoms with Crippen molar-refractivity contribution < 1.29 is 0 Å². The molecule has 3 heteroatoms. The van der Waals surface area contributed by atoms with Gasteiger partial charge in [-0.3, -0.25) is 5.09 Å². The van der Waals surface area contributed by atoms with E-state index in [1.807, 2.05) is 11.8 Å². The summed E-state index contributed by atoms with van der Waals surface area (Å²) in [6, 6.07) is 22.7. The summed E-state index contributed by atoms with van der Waals surface area (Å²) < 4.78 is 0.201. The first-order valence-corrected chi connectivity index (χ1v) is 10.3. The van der Waals surface area contributed by atoms with Crippen molar-refractivity contribution >= 4 is 30.4 Å². The fourth-order valence-corrected chi connectivity index (χ4v) is 5.51. The standard InChI is InChI=1S/C21H23NPS/c1-21(2,3)24-20-16-10-15-19(20)22-23(17-11-6-4-7-12-17)18-13-8-5-9-14-18/h4-16,22H,1-3H3. The van der Waals surface area contributed by atoms with Crippen molar-refractivity contribution in [2.45, 2.75) is 25.5 Å². The van der Waals surface area contributed by atoms with E-state index >= 15 is 0 Å². The Morgan fingerprint density at radius 3 is 1.83 bits per heavy atom. The highest BCUT2D eigenvalue weighted by Gasteiger charge is 2.35. The lowest BCUT2D eigenvalue weighted by Crippen LogP contribution is -2.28. The molecule has 0 bridgehead atoms. The van der Waals surface area contributed by atoms with Crippen molar-refractivity contribution in [1.29, 1.82) is 0 Å². The van der Waals surface area contributed by atoms with Gasteiger partial charge in [-0.05, 0) is 29.9 Å². The van der Waals surface area contributed by atoms with Crippen LogP contribution in [0.2, 0.25) is 0 Å². The highest BCUT2D eigenvalue weighted by atomic mass is 32.2. The molecular weight excluding hydrogens is 329 g/mol. The largest absolute Gasteiger partial charge is 0.279 e. The SMILES string of the molecule is CC(C)(C)S[C]1[CH][CH][CH][C]1NP(c1ccccc1)c1ccccc1. The molecule has 1 aliphatic rings. The molecule has 3 rings (SSSR count). The second-order valence-corrected chi connectivity index (χ2v) is 10.4. The quantitative estimate of drug-likeness (QED) is 0.772. The van der Waals surface area contributed by atoms with E-state index in [2.05, 4.69) is 106 Å². The van der Waals surface area contributed by atoms with Crippen LogP contribution in [-0.4, -0.2) is 4.75 Å². The number of hydrogen-bond acceptors (Lipinski definition) is 2. The van der Waals surface area contributed by atoms with Gasteiger partial charge in [-0.15, -0.1) is 11.8 Å². The molecule has 2 aromatic carbocycles. The average molecular weight is 352 g/mol. The van der Waals surface area contributed by atoms with Gasteiger partial charge < -0.3 is 0 Å². The highest BCUT2D eigenvalue weighted by Crippen LogP contribution is 2.48. The molecular formula is C21H23NPS. The molecule has 0 saturated heterocycles. The van der Waals surface area contributed by atoms with Crippen molar-refractivity contribution in [3.63, 3.8) is 0 Å². The molecule has 0 aromatic heterocycles. The number of benzene rings is 2. The van der Waals surface area contributed by atoms with E-state index < -0.39 is 8.07 Å². The summed E-state index contributed by atoms with van der Waals surface area (Å²) in [4.78, 5) is 0. The topological polar surface area (TPSA) is 12.0 Å². The van der Waals surface area contributed by atoms with Crippen LogP contribution in [0, 0.1) is 30.6 Å². The van der Waals surface area contributed by atoms with Crippen molar-refractivity contribution in [1.82, 2.24) is 5.09 Å². The van der Waals surface area contributed by atoms with Gasteiger partial charge in [0.15, 0.2) is 0 Å². The van der Waals surface area contributed by atoms with Gasteiger partial charge in [0.1, 0.15) is 0 Å². The van der Waals surface area contributed by atoms with Crippen LogP contribution in [0.1, 0.15) is 20.8 Å². The summed E-state index contributed by atoms with van der Waals surface area (Å²) in [6.07, 6.45) is 6.54. The zero-order valence-corrected chi connectivity index (χ0v) is 16.1. The van der Waals surface area contributed by atoms with Crippen LogP contribution < -0.4 is 15.7 Å². The maximum atomic E-state index is 3.83. The predicted octanol–water partition coefficient (Wildman–Crippen LogP) is 4.85. The van der Waals surface area contributed by atoms with Gasteiger partial charge in [0.25, 0.3) is 0 Å². The van der Waals surface area contributed by atoms with Crippen LogP contribution >= 0.6 is 19.8 Å². The molecule has 24 heavy (non-hydrogen) atoms. The number of thioether (sulfide) groups is 1. The van der Waals surface area contributed by atoms with Crippen molar-refractivity contribution in [2.75, 3.05) is 0 Å². The van der Waals surface area contributed by atoms with Gasteiger partial charge in [0.2, 0.25) is 0 Å². The Hall–Kier alpha value is -0.820. The Morgan fingerprint density at radius 2 is 1.33 bits per heavy atom. The molecule has 1 aliphatic carbocycles. The fraction of sp³-hybridized carbons (Fsp3) is 0.190. The van der Waals surface area contributed by atoms with Crippen LogP contribution in [0.3, 0.4) is 0 Å². The van der Waals surface area contributed by atoms with Crippen LogP contribution in [0.15, 0.2) is 60.7 Å². The van der Waals surface area contributed by atoms with E-state index in [1.54, 1.807) is 0 Å². The van der Waals surface area contributed by atoms with Gasteiger partial charge in [0.05, 0.1) is 11.3 Å². The Balaban J connectivity index is 1.82. The second-order valence-electron chi connectivity index (χ2n) is 6.64. The smallest absolute Gasteiger partial charge is 0.0622 e. The van der Waals surface area contributed by atoms with Crippen LogP contribution in [0.4, 0.5) is 0 Å². The second kappa shape index (κ2) is 8.04. The maximum Gasteiger partial charge on any atom is 0.0622 e. The third-order valence-corrected chi connectivity index (χ3v) is 6.74. The molecule has 1 N–H and O–H groups in total. The van der Waals surface area contributed by atoms with Gasteiger partial charge in [0, 0.05) is 12.8 Å². The number of rotatable bonds is 5. The molecule has 0 spiro atoms. The third-order valence-electron chi connectivity index (χ3n) is 3.45. The van der Waals surface area contributed by atoms with Crippen molar-refractivity contribution in [2.24, 2.45) is 0 Å². The van der Waals surface area contributed by atoms with E-state index in [0.29, 0.717) is 0 Å². The molecule has 0 heterocycles. The van der Waals surface area contributed by atoms with Crippen molar-refractivity contribution in [3.8, 4) is 0 Å². The summed E-state index contributed by atoms with van der Waals surface area (Å²) in [5, 5.41) is 7.83. The number of nitrogens with one attached hydrogen (secondary N) is 1. The Bertz CT molecular complexity index is 584. The first kappa shape index (κ1) is 18.0. The van der Waals surface area contributed by atoms with E-state index in [0.717, 1.165) is 0 Å². The van der Waals surface area contributed by atoms with Gasteiger partial charge in [-0.25, -0.2) is 0 Å². The Morgan fingerprint density at radius 1 is 0.792 bits per heavy atom. The fourth-order valence-electron chi connectivity index (χ4n) is 2.47. The molecule has 0 unspecified atom stereocenters. The third kappa shape index (κ3) is 4.85. The maximum absolute atomic E-state index is 3.83. The molecule has 5 radical (unpaired) electrons. The minimum Gasteiger partial charge on any atom is -0.279 e. The lowest BCUT2D eigenvalue weighted by atomic mass is 10.2. The van der Waals surface area contributed by atoms with E-state index in [4.69, 9.17) is 0 Å². The van der Waals surface area contributed by atoms with Gasteiger partial charge >= 0.3 is 0 Å². The number of hydrogen-bond donors (Lipinski definition) is 1. The molecule has 2 aromatic rings. The minimum atomic E-state index is -0.623.